The number of hydrogen-bond donors (Lipinski definition) is 3. The first-order valence-corrected chi connectivity index (χ1v) is 6.87. The molecule has 7 heteroatoms. The standard InChI is InChI=1S/C14H15N7/c1-2-4-13-11(3-1)18-14(12-8-15-5-6-16-12)21(13)9-10-7-17-20-19-10/h1-6,8,10,17,19-20H,7,9H2. The molecule has 1 atom stereocenters. The molecule has 1 aromatic carbocycles. The van der Waals surface area contributed by atoms with Crippen LogP contribution in [0.3, 0.4) is 0 Å². The van der Waals surface area contributed by atoms with E-state index in [1.54, 1.807) is 18.6 Å². The highest BCUT2D eigenvalue weighted by Crippen LogP contribution is 2.23. The number of para-hydroxylation sites is 2. The molecule has 1 aliphatic rings. The molecule has 1 saturated heterocycles. The molecule has 4 rings (SSSR count). The van der Waals surface area contributed by atoms with Crippen LogP contribution in [0.5, 0.6) is 0 Å². The zero-order chi connectivity index (χ0) is 14.1. The van der Waals surface area contributed by atoms with E-state index in [4.69, 9.17) is 4.98 Å². The van der Waals surface area contributed by atoms with Crippen LogP contribution in [-0.4, -0.2) is 32.1 Å². The van der Waals surface area contributed by atoms with E-state index in [-0.39, 0.29) is 6.04 Å². The number of benzene rings is 1. The zero-order valence-corrected chi connectivity index (χ0v) is 11.3. The normalized spacial score (nSPS) is 18.4. The Bertz CT molecular complexity index is 746. The predicted molar refractivity (Wildman–Crippen MR) is 78.8 cm³/mol. The molecule has 3 N–H and O–H groups in total. The number of aromatic nitrogens is 4. The topological polar surface area (TPSA) is 79.7 Å². The van der Waals surface area contributed by atoms with Gasteiger partial charge in [-0.2, -0.15) is 5.53 Å². The average molecular weight is 281 g/mol. The summed E-state index contributed by atoms with van der Waals surface area (Å²) in [6.07, 6.45) is 5.11. The lowest BCUT2D eigenvalue weighted by atomic mass is 10.2. The van der Waals surface area contributed by atoms with E-state index in [2.05, 4.69) is 37.0 Å². The van der Waals surface area contributed by atoms with Crippen LogP contribution in [0, 0.1) is 0 Å². The summed E-state index contributed by atoms with van der Waals surface area (Å²) in [5.74, 6) is 0.845. The largest absolute Gasteiger partial charge is 0.321 e. The van der Waals surface area contributed by atoms with Gasteiger partial charge in [-0.1, -0.05) is 12.1 Å². The van der Waals surface area contributed by atoms with Gasteiger partial charge in [0.15, 0.2) is 5.82 Å². The summed E-state index contributed by atoms with van der Waals surface area (Å²) in [5.41, 5.74) is 12.0. The number of rotatable bonds is 3. The molecule has 2 aromatic heterocycles. The van der Waals surface area contributed by atoms with E-state index in [1.807, 2.05) is 18.2 Å². The van der Waals surface area contributed by atoms with Gasteiger partial charge in [-0.05, 0) is 12.1 Å². The van der Waals surface area contributed by atoms with Crippen molar-refractivity contribution in [1.29, 1.82) is 0 Å². The smallest absolute Gasteiger partial charge is 0.161 e. The van der Waals surface area contributed by atoms with Gasteiger partial charge >= 0.3 is 0 Å². The van der Waals surface area contributed by atoms with Gasteiger partial charge in [0, 0.05) is 25.5 Å². The Morgan fingerprint density at radius 2 is 2.19 bits per heavy atom. The minimum Gasteiger partial charge on any atom is -0.321 e. The van der Waals surface area contributed by atoms with Crippen molar-refractivity contribution in [2.24, 2.45) is 0 Å². The maximum absolute atomic E-state index is 4.72. The van der Waals surface area contributed by atoms with Crippen LogP contribution < -0.4 is 16.4 Å². The summed E-state index contributed by atoms with van der Waals surface area (Å²) >= 11 is 0. The van der Waals surface area contributed by atoms with Crippen molar-refractivity contribution in [2.45, 2.75) is 12.6 Å². The highest BCUT2D eigenvalue weighted by Gasteiger charge is 2.19. The molecule has 0 spiro atoms. The Morgan fingerprint density at radius 3 is 3.00 bits per heavy atom. The fourth-order valence-electron chi connectivity index (χ4n) is 2.58. The quantitative estimate of drug-likeness (QED) is 0.648. The second-order valence-corrected chi connectivity index (χ2v) is 4.97. The molecule has 0 bridgehead atoms. The van der Waals surface area contributed by atoms with Crippen molar-refractivity contribution < 1.29 is 0 Å². The van der Waals surface area contributed by atoms with E-state index >= 15 is 0 Å². The number of hydrogen-bond acceptors (Lipinski definition) is 6. The first kappa shape index (κ1) is 12.4. The van der Waals surface area contributed by atoms with Crippen molar-refractivity contribution in [1.82, 2.24) is 35.9 Å². The Balaban J connectivity index is 1.84. The second-order valence-electron chi connectivity index (χ2n) is 4.97. The number of hydrazine groups is 2. The van der Waals surface area contributed by atoms with Gasteiger partial charge in [0.05, 0.1) is 23.3 Å². The summed E-state index contributed by atoms with van der Waals surface area (Å²) in [5, 5.41) is 0. The third kappa shape index (κ3) is 2.27. The molecule has 0 aliphatic carbocycles. The summed E-state index contributed by atoms with van der Waals surface area (Å²) in [4.78, 5) is 13.2. The van der Waals surface area contributed by atoms with Gasteiger partial charge < -0.3 is 4.57 Å². The number of nitrogens with zero attached hydrogens (tertiary/aromatic N) is 4. The predicted octanol–water partition coefficient (Wildman–Crippen LogP) is 0.474. The lowest BCUT2D eigenvalue weighted by Crippen LogP contribution is -2.35. The van der Waals surface area contributed by atoms with Crippen LogP contribution in [-0.2, 0) is 6.54 Å². The Kier molecular flexibility index (Phi) is 3.07. The molecule has 106 valence electrons. The molecule has 0 amide bonds. The monoisotopic (exact) mass is 281 g/mol. The lowest BCUT2D eigenvalue weighted by molar-refractivity contribution is 0.496. The average Bonchev–Trinajstić information content (AvgIpc) is 3.17. The fraction of sp³-hybridized carbons (Fsp3) is 0.214. The van der Waals surface area contributed by atoms with Crippen molar-refractivity contribution in [2.75, 3.05) is 6.54 Å². The number of nitrogens with one attached hydrogen (secondary N) is 3. The van der Waals surface area contributed by atoms with Crippen LogP contribution in [0.1, 0.15) is 0 Å². The summed E-state index contributed by atoms with van der Waals surface area (Å²) in [6, 6.07) is 8.41. The van der Waals surface area contributed by atoms with Gasteiger partial charge in [0.25, 0.3) is 0 Å². The Hall–Kier alpha value is -2.35. The summed E-state index contributed by atoms with van der Waals surface area (Å²) < 4.78 is 2.19. The molecule has 1 unspecified atom stereocenters. The molecule has 21 heavy (non-hydrogen) atoms. The molecular weight excluding hydrogens is 266 g/mol. The molecule has 1 fully saturated rings. The third-order valence-electron chi connectivity index (χ3n) is 3.56. The Morgan fingerprint density at radius 1 is 1.24 bits per heavy atom. The third-order valence-corrected chi connectivity index (χ3v) is 3.56. The van der Waals surface area contributed by atoms with E-state index in [9.17, 15) is 0 Å². The molecular formula is C14H15N7. The molecule has 3 aromatic rings. The van der Waals surface area contributed by atoms with Gasteiger partial charge in [0.1, 0.15) is 5.69 Å². The van der Waals surface area contributed by atoms with E-state index in [0.717, 1.165) is 35.6 Å². The van der Waals surface area contributed by atoms with E-state index in [1.165, 1.54) is 0 Å². The summed E-state index contributed by atoms with van der Waals surface area (Å²) in [6.45, 7) is 1.65. The Labute approximate surface area is 121 Å². The van der Waals surface area contributed by atoms with Gasteiger partial charge in [-0.3, -0.25) is 4.98 Å². The van der Waals surface area contributed by atoms with E-state index in [0.29, 0.717) is 0 Å². The highest BCUT2D eigenvalue weighted by molar-refractivity contribution is 5.79. The van der Waals surface area contributed by atoms with Gasteiger partial charge in [-0.25, -0.2) is 20.8 Å². The number of fused-ring (bicyclic) bond motifs is 1. The van der Waals surface area contributed by atoms with Crippen LogP contribution >= 0.6 is 0 Å². The minimum absolute atomic E-state index is 0.290. The van der Waals surface area contributed by atoms with Crippen LogP contribution in [0.15, 0.2) is 42.9 Å². The minimum atomic E-state index is 0.290. The fourth-order valence-corrected chi connectivity index (χ4v) is 2.58. The van der Waals surface area contributed by atoms with Crippen LogP contribution in [0.2, 0.25) is 0 Å². The summed E-state index contributed by atoms with van der Waals surface area (Å²) in [7, 11) is 0. The van der Waals surface area contributed by atoms with Gasteiger partial charge in [-0.15, -0.1) is 0 Å². The molecule has 1 aliphatic heterocycles. The molecule has 0 saturated carbocycles. The SMILES string of the molecule is c1ccc2c(c1)nc(-c1cnccn1)n2CC1CNNN1. The maximum Gasteiger partial charge on any atom is 0.161 e. The van der Waals surface area contributed by atoms with Crippen molar-refractivity contribution in [3.63, 3.8) is 0 Å². The second kappa shape index (κ2) is 5.21. The van der Waals surface area contributed by atoms with E-state index < -0.39 is 0 Å². The van der Waals surface area contributed by atoms with Crippen LogP contribution in [0.25, 0.3) is 22.6 Å². The first-order valence-electron chi connectivity index (χ1n) is 6.87. The van der Waals surface area contributed by atoms with Crippen LogP contribution in [0.4, 0.5) is 0 Å². The highest BCUT2D eigenvalue weighted by atomic mass is 15.6. The maximum atomic E-state index is 4.72. The van der Waals surface area contributed by atoms with Crippen molar-refractivity contribution >= 4 is 11.0 Å². The number of imidazole rings is 1. The zero-order valence-electron chi connectivity index (χ0n) is 11.3. The van der Waals surface area contributed by atoms with Crippen molar-refractivity contribution in [3.05, 3.63) is 42.9 Å². The molecule has 3 heterocycles. The molecule has 7 nitrogen and oxygen atoms in total. The van der Waals surface area contributed by atoms with Crippen molar-refractivity contribution in [3.8, 4) is 11.5 Å². The lowest BCUT2D eigenvalue weighted by Gasteiger charge is -2.13. The molecule has 0 radical (unpaired) electrons. The van der Waals surface area contributed by atoms with Gasteiger partial charge in [0.2, 0.25) is 0 Å². The first-order chi connectivity index (χ1) is 10.4.